The van der Waals surface area contributed by atoms with Crippen molar-refractivity contribution in [3.63, 3.8) is 0 Å². The number of piperazine rings is 1. The van der Waals surface area contributed by atoms with Crippen LogP contribution in [0.3, 0.4) is 0 Å². The Kier molecular flexibility index (Phi) is 5.59. The van der Waals surface area contributed by atoms with Gasteiger partial charge in [0.1, 0.15) is 22.5 Å². The first-order chi connectivity index (χ1) is 15.6. The van der Waals surface area contributed by atoms with E-state index in [0.29, 0.717) is 29.6 Å². The minimum atomic E-state index is -0.637. The summed E-state index contributed by atoms with van der Waals surface area (Å²) in [4.78, 5) is 33.5. The predicted octanol–water partition coefficient (Wildman–Crippen LogP) is 3.09. The summed E-state index contributed by atoms with van der Waals surface area (Å²) in [5, 5.41) is 4.36. The Morgan fingerprint density at radius 2 is 1.94 bits per heavy atom. The molecule has 1 aliphatic rings. The molecule has 5 rings (SSSR count). The molecule has 1 amide bonds. The third kappa shape index (κ3) is 4.09. The van der Waals surface area contributed by atoms with Crippen LogP contribution in [-0.4, -0.2) is 55.1 Å². The molecule has 164 valence electrons. The lowest BCUT2D eigenvalue weighted by Gasteiger charge is -2.34. The number of fused-ring (bicyclic) bond motifs is 2. The highest BCUT2D eigenvalue weighted by Gasteiger charge is 2.21. The smallest absolute Gasteiger partial charge is 0.349 e. The third-order valence-electron chi connectivity index (χ3n) is 5.60. The molecule has 1 saturated heterocycles. The fourth-order valence-corrected chi connectivity index (χ4v) is 4.88. The van der Waals surface area contributed by atoms with E-state index in [9.17, 15) is 14.0 Å². The zero-order chi connectivity index (χ0) is 22.1. The summed E-state index contributed by atoms with van der Waals surface area (Å²) in [6, 6.07) is 13.7. The van der Waals surface area contributed by atoms with Gasteiger partial charge in [-0.15, -0.1) is 0 Å². The summed E-state index contributed by atoms with van der Waals surface area (Å²) in [6.45, 7) is 4.29. The summed E-state index contributed by atoms with van der Waals surface area (Å²) in [6.07, 6.45) is 0. The van der Waals surface area contributed by atoms with Crippen molar-refractivity contribution in [3.05, 3.63) is 70.3 Å². The third-order valence-corrected chi connectivity index (χ3v) is 6.68. The number of nitrogens with zero attached hydrogens (tertiary/aromatic N) is 3. The molecular formula is C23H21FN4O3S. The molecule has 2 aromatic carbocycles. The number of nitrogens with one attached hydrogen (secondary N) is 1. The van der Waals surface area contributed by atoms with E-state index >= 15 is 0 Å². The van der Waals surface area contributed by atoms with Crippen molar-refractivity contribution in [1.82, 2.24) is 15.2 Å². The van der Waals surface area contributed by atoms with Crippen molar-refractivity contribution >= 4 is 43.6 Å². The van der Waals surface area contributed by atoms with Crippen LogP contribution in [0.25, 0.3) is 21.2 Å². The number of rotatable bonds is 5. The SMILES string of the molecule is O=C(NCCN1CCN(c2nc3c(F)cccc3s2)CC1)c1cc2ccccc2oc1=O. The Morgan fingerprint density at radius 3 is 2.75 bits per heavy atom. The molecule has 4 aromatic rings. The number of halogens is 1. The van der Waals surface area contributed by atoms with E-state index in [1.54, 1.807) is 30.3 Å². The lowest BCUT2D eigenvalue weighted by atomic mass is 10.2. The van der Waals surface area contributed by atoms with Gasteiger partial charge in [0.2, 0.25) is 0 Å². The maximum atomic E-state index is 13.9. The predicted molar refractivity (Wildman–Crippen MR) is 123 cm³/mol. The summed E-state index contributed by atoms with van der Waals surface area (Å²) >= 11 is 1.50. The molecule has 1 N–H and O–H groups in total. The van der Waals surface area contributed by atoms with E-state index in [2.05, 4.69) is 20.1 Å². The van der Waals surface area contributed by atoms with E-state index < -0.39 is 11.5 Å². The van der Waals surface area contributed by atoms with Crippen molar-refractivity contribution < 1.29 is 13.6 Å². The average Bonchev–Trinajstić information content (AvgIpc) is 3.25. The van der Waals surface area contributed by atoms with Crippen LogP contribution in [0.4, 0.5) is 9.52 Å². The molecule has 32 heavy (non-hydrogen) atoms. The minimum Gasteiger partial charge on any atom is -0.422 e. The Labute approximate surface area is 187 Å². The molecule has 7 nitrogen and oxygen atoms in total. The fourth-order valence-electron chi connectivity index (χ4n) is 3.84. The van der Waals surface area contributed by atoms with Gasteiger partial charge < -0.3 is 14.6 Å². The molecule has 0 bridgehead atoms. The normalized spacial score (nSPS) is 14.8. The van der Waals surface area contributed by atoms with E-state index in [1.807, 2.05) is 12.1 Å². The van der Waals surface area contributed by atoms with E-state index in [0.717, 1.165) is 36.0 Å². The summed E-state index contributed by atoms with van der Waals surface area (Å²) in [5.41, 5.74) is 0.261. The highest BCUT2D eigenvalue weighted by Crippen LogP contribution is 2.30. The van der Waals surface area contributed by atoms with Crippen LogP contribution in [0.1, 0.15) is 10.4 Å². The molecule has 1 aliphatic heterocycles. The second kappa shape index (κ2) is 8.68. The molecule has 0 radical (unpaired) electrons. The van der Waals surface area contributed by atoms with Crippen LogP contribution in [0.15, 0.2) is 57.7 Å². The summed E-state index contributed by atoms with van der Waals surface area (Å²) in [5.74, 6) is -0.723. The van der Waals surface area contributed by atoms with Gasteiger partial charge in [0.05, 0.1) is 4.70 Å². The molecule has 0 aliphatic carbocycles. The van der Waals surface area contributed by atoms with E-state index in [4.69, 9.17) is 4.42 Å². The average molecular weight is 453 g/mol. The Balaban J connectivity index is 1.14. The first-order valence-corrected chi connectivity index (χ1v) is 11.2. The van der Waals surface area contributed by atoms with Gasteiger partial charge in [-0.1, -0.05) is 35.6 Å². The molecule has 0 spiro atoms. The lowest BCUT2D eigenvalue weighted by Crippen LogP contribution is -2.48. The molecule has 2 aromatic heterocycles. The zero-order valence-corrected chi connectivity index (χ0v) is 18.0. The van der Waals surface area contributed by atoms with Gasteiger partial charge in [0.25, 0.3) is 5.91 Å². The number of amides is 1. The second-order valence-electron chi connectivity index (χ2n) is 7.65. The van der Waals surface area contributed by atoms with Crippen LogP contribution >= 0.6 is 11.3 Å². The quantitative estimate of drug-likeness (QED) is 0.469. The van der Waals surface area contributed by atoms with E-state index in [-0.39, 0.29) is 11.4 Å². The number of aromatic nitrogens is 1. The van der Waals surface area contributed by atoms with Gasteiger partial charge in [-0.05, 0) is 24.3 Å². The summed E-state index contributed by atoms with van der Waals surface area (Å²) < 4.78 is 20.0. The van der Waals surface area contributed by atoms with E-state index in [1.165, 1.54) is 17.4 Å². The first-order valence-electron chi connectivity index (χ1n) is 10.4. The maximum Gasteiger partial charge on any atom is 0.349 e. The number of benzene rings is 2. The van der Waals surface area contributed by atoms with Crippen LogP contribution in [-0.2, 0) is 0 Å². The number of carbonyl (C=O) groups excluding carboxylic acids is 1. The van der Waals surface area contributed by atoms with Crippen LogP contribution in [0, 0.1) is 5.82 Å². The lowest BCUT2D eigenvalue weighted by molar-refractivity contribution is 0.0944. The van der Waals surface area contributed by atoms with Crippen LogP contribution in [0.2, 0.25) is 0 Å². The number of carbonyl (C=O) groups is 1. The summed E-state index contributed by atoms with van der Waals surface area (Å²) in [7, 11) is 0. The monoisotopic (exact) mass is 452 g/mol. The molecule has 9 heteroatoms. The first kappa shape index (κ1) is 20.6. The molecular weight excluding hydrogens is 431 g/mol. The van der Waals surface area contributed by atoms with Crippen molar-refractivity contribution in [2.24, 2.45) is 0 Å². The molecule has 0 unspecified atom stereocenters. The van der Waals surface area contributed by atoms with Crippen LogP contribution < -0.4 is 15.8 Å². The van der Waals surface area contributed by atoms with Gasteiger partial charge in [0, 0.05) is 44.7 Å². The maximum absolute atomic E-state index is 13.9. The number of thiazole rings is 1. The number of para-hydroxylation sites is 2. The number of hydrogen-bond acceptors (Lipinski definition) is 7. The van der Waals surface area contributed by atoms with Crippen molar-refractivity contribution in [2.45, 2.75) is 0 Å². The molecule has 3 heterocycles. The Hall–Kier alpha value is -3.30. The highest BCUT2D eigenvalue weighted by atomic mass is 32.1. The standard InChI is InChI=1S/C23H21FN4O3S/c24-17-5-3-7-19-20(17)26-23(32-19)28-12-10-27(11-13-28)9-8-25-21(29)16-14-15-4-1-2-6-18(15)31-22(16)30/h1-7,14H,8-13H2,(H,25,29). The second-order valence-corrected chi connectivity index (χ2v) is 8.66. The van der Waals surface area contributed by atoms with Crippen molar-refractivity contribution in [3.8, 4) is 0 Å². The minimum absolute atomic E-state index is 0.0107. The molecule has 0 atom stereocenters. The van der Waals surface area contributed by atoms with Crippen molar-refractivity contribution in [2.75, 3.05) is 44.2 Å². The van der Waals surface area contributed by atoms with Gasteiger partial charge in [-0.25, -0.2) is 14.2 Å². The Bertz CT molecular complexity index is 1340. The molecule has 0 saturated carbocycles. The van der Waals surface area contributed by atoms with Gasteiger partial charge >= 0.3 is 5.63 Å². The molecule has 1 fully saturated rings. The van der Waals surface area contributed by atoms with Crippen molar-refractivity contribution in [1.29, 1.82) is 0 Å². The van der Waals surface area contributed by atoms with Gasteiger partial charge in [-0.3, -0.25) is 9.69 Å². The number of hydrogen-bond donors (Lipinski definition) is 1. The van der Waals surface area contributed by atoms with Gasteiger partial charge in [0.15, 0.2) is 5.13 Å². The zero-order valence-electron chi connectivity index (χ0n) is 17.2. The Morgan fingerprint density at radius 1 is 1.12 bits per heavy atom. The van der Waals surface area contributed by atoms with Gasteiger partial charge in [-0.2, -0.15) is 0 Å². The highest BCUT2D eigenvalue weighted by molar-refractivity contribution is 7.22. The largest absolute Gasteiger partial charge is 0.422 e. The topological polar surface area (TPSA) is 78.7 Å². The fraction of sp³-hybridized carbons (Fsp3) is 0.261. The van der Waals surface area contributed by atoms with Crippen LogP contribution in [0.5, 0.6) is 0 Å². The number of anilines is 1.